The van der Waals surface area contributed by atoms with Gasteiger partial charge in [0.15, 0.2) is 5.13 Å². The fourth-order valence-electron chi connectivity index (χ4n) is 1.44. The van der Waals surface area contributed by atoms with Crippen molar-refractivity contribution < 1.29 is 9.90 Å². The summed E-state index contributed by atoms with van der Waals surface area (Å²) in [5.74, 6) is -0.0512. The maximum Gasteiger partial charge on any atom is 0.265 e. The largest absolute Gasteiger partial charge is 0.395 e. The minimum atomic E-state index is -0.0512. The normalized spacial score (nSPS) is 10.4. The number of amides is 1. The third kappa shape index (κ3) is 3.17. The summed E-state index contributed by atoms with van der Waals surface area (Å²) in [5, 5.41) is 9.74. The van der Waals surface area contributed by atoms with Crippen molar-refractivity contribution in [3.63, 3.8) is 0 Å². The molecule has 0 radical (unpaired) electrons. The molecule has 1 heterocycles. The Hall–Kier alpha value is -1.14. The van der Waals surface area contributed by atoms with Gasteiger partial charge in [-0.3, -0.25) is 4.79 Å². The number of aromatic nitrogens is 1. The number of carbonyl (C=O) groups is 1. The maximum absolute atomic E-state index is 12.2. The molecule has 96 valence electrons. The van der Waals surface area contributed by atoms with Gasteiger partial charge in [0.1, 0.15) is 4.88 Å². The van der Waals surface area contributed by atoms with Gasteiger partial charge in [-0.25, -0.2) is 4.98 Å². The lowest BCUT2D eigenvalue weighted by Gasteiger charge is -2.18. The third-order valence-corrected chi connectivity index (χ3v) is 3.71. The van der Waals surface area contributed by atoms with E-state index in [9.17, 15) is 4.79 Å². The molecule has 0 unspecified atom stereocenters. The monoisotopic (exact) mass is 257 g/mol. The molecule has 6 heteroatoms. The van der Waals surface area contributed by atoms with Gasteiger partial charge in [-0.05, 0) is 13.8 Å². The highest BCUT2D eigenvalue weighted by Gasteiger charge is 2.20. The zero-order valence-electron chi connectivity index (χ0n) is 10.7. The molecule has 0 aliphatic carbocycles. The number of hydrogen-bond donors (Lipinski definition) is 1. The number of hydrogen-bond acceptors (Lipinski definition) is 5. The average molecular weight is 257 g/mol. The summed E-state index contributed by atoms with van der Waals surface area (Å²) in [4.78, 5) is 20.7. The van der Waals surface area contributed by atoms with Gasteiger partial charge < -0.3 is 14.9 Å². The number of aliphatic hydroxyl groups is 1. The number of carbonyl (C=O) groups excluding carboxylic acids is 1. The number of aliphatic hydroxyl groups excluding tert-OH is 1. The number of anilines is 1. The predicted molar refractivity (Wildman–Crippen MR) is 69.8 cm³/mol. The average Bonchev–Trinajstić information content (AvgIpc) is 2.67. The van der Waals surface area contributed by atoms with Crippen LogP contribution in [0.25, 0.3) is 0 Å². The minimum absolute atomic E-state index is 0.0159. The Morgan fingerprint density at radius 1 is 1.47 bits per heavy atom. The predicted octanol–water partition coefficient (Wildman–Crippen LogP) is 0.972. The van der Waals surface area contributed by atoms with E-state index in [-0.39, 0.29) is 12.5 Å². The second-order valence-corrected chi connectivity index (χ2v) is 4.89. The first-order valence-electron chi connectivity index (χ1n) is 5.56. The molecule has 0 aliphatic rings. The number of likely N-dealkylation sites (N-methyl/N-ethyl adjacent to an activating group) is 1. The molecule has 0 saturated carbocycles. The van der Waals surface area contributed by atoms with Crippen molar-refractivity contribution in [3.05, 3.63) is 10.6 Å². The van der Waals surface area contributed by atoms with Gasteiger partial charge >= 0.3 is 0 Å². The molecule has 0 atom stereocenters. The zero-order chi connectivity index (χ0) is 13.0. The summed E-state index contributed by atoms with van der Waals surface area (Å²) >= 11 is 1.39. The van der Waals surface area contributed by atoms with Crippen LogP contribution in [0.4, 0.5) is 5.13 Å². The molecule has 0 aliphatic heterocycles. The maximum atomic E-state index is 12.2. The summed E-state index contributed by atoms with van der Waals surface area (Å²) < 4.78 is 0. The van der Waals surface area contributed by atoms with Crippen LogP contribution in [0.15, 0.2) is 0 Å². The van der Waals surface area contributed by atoms with Crippen molar-refractivity contribution in [2.75, 3.05) is 38.7 Å². The summed E-state index contributed by atoms with van der Waals surface area (Å²) in [6.45, 7) is 4.68. The Balaban J connectivity index is 2.94. The van der Waals surface area contributed by atoms with Gasteiger partial charge in [0, 0.05) is 27.2 Å². The van der Waals surface area contributed by atoms with E-state index < -0.39 is 0 Å². The van der Waals surface area contributed by atoms with Crippen LogP contribution in [0.3, 0.4) is 0 Å². The summed E-state index contributed by atoms with van der Waals surface area (Å²) in [7, 11) is 3.80. The third-order valence-electron chi connectivity index (χ3n) is 2.40. The molecule has 1 N–H and O–H groups in total. The van der Waals surface area contributed by atoms with Crippen LogP contribution in [-0.4, -0.2) is 54.7 Å². The second kappa shape index (κ2) is 5.97. The van der Waals surface area contributed by atoms with Crippen LogP contribution in [0, 0.1) is 6.92 Å². The fourth-order valence-corrected chi connectivity index (χ4v) is 2.40. The van der Waals surface area contributed by atoms with Crippen LogP contribution in [-0.2, 0) is 0 Å². The van der Waals surface area contributed by atoms with Gasteiger partial charge in [-0.15, -0.1) is 0 Å². The first kappa shape index (κ1) is 13.9. The van der Waals surface area contributed by atoms with Gasteiger partial charge in [0.25, 0.3) is 5.91 Å². The Bertz CT molecular complexity index is 390. The Labute approximate surface area is 106 Å². The lowest BCUT2D eigenvalue weighted by molar-refractivity contribution is 0.0736. The first-order valence-corrected chi connectivity index (χ1v) is 6.37. The number of aryl methyl sites for hydroxylation is 1. The SMILES string of the molecule is CCN(CCO)C(=O)c1sc(N(C)C)nc1C. The molecule has 0 spiro atoms. The topological polar surface area (TPSA) is 56.7 Å². The minimum Gasteiger partial charge on any atom is -0.395 e. The Morgan fingerprint density at radius 2 is 2.12 bits per heavy atom. The molecule has 1 aromatic heterocycles. The van der Waals surface area contributed by atoms with E-state index in [1.165, 1.54) is 11.3 Å². The lowest BCUT2D eigenvalue weighted by atomic mass is 10.3. The highest BCUT2D eigenvalue weighted by atomic mass is 32.1. The van der Waals surface area contributed by atoms with E-state index in [0.29, 0.717) is 18.0 Å². The van der Waals surface area contributed by atoms with E-state index in [0.717, 1.165) is 10.8 Å². The summed E-state index contributed by atoms with van der Waals surface area (Å²) in [6, 6.07) is 0. The molecule has 17 heavy (non-hydrogen) atoms. The number of rotatable bonds is 5. The number of thiazole rings is 1. The summed E-state index contributed by atoms with van der Waals surface area (Å²) in [5.41, 5.74) is 0.750. The molecule has 1 aromatic rings. The first-order chi connectivity index (χ1) is 8.01. The van der Waals surface area contributed by atoms with E-state index in [2.05, 4.69) is 4.98 Å². The molecule has 0 bridgehead atoms. The van der Waals surface area contributed by atoms with Crippen molar-refractivity contribution >= 4 is 22.4 Å². The molecular formula is C11H19N3O2S. The fraction of sp³-hybridized carbons (Fsp3) is 0.636. The van der Waals surface area contributed by atoms with Crippen molar-refractivity contribution in [1.82, 2.24) is 9.88 Å². The van der Waals surface area contributed by atoms with E-state index in [4.69, 9.17) is 5.11 Å². The van der Waals surface area contributed by atoms with E-state index >= 15 is 0 Å². The molecule has 0 aromatic carbocycles. The van der Waals surface area contributed by atoms with Crippen LogP contribution >= 0.6 is 11.3 Å². The van der Waals surface area contributed by atoms with Crippen molar-refractivity contribution in [2.45, 2.75) is 13.8 Å². The highest BCUT2D eigenvalue weighted by Crippen LogP contribution is 2.25. The molecular weight excluding hydrogens is 238 g/mol. The standard InChI is InChI=1S/C11H19N3O2S/c1-5-14(6-7-15)10(16)9-8(2)12-11(17-9)13(3)4/h15H,5-7H2,1-4H3. The van der Waals surface area contributed by atoms with Crippen LogP contribution in [0.5, 0.6) is 0 Å². The van der Waals surface area contributed by atoms with Crippen molar-refractivity contribution in [1.29, 1.82) is 0 Å². The van der Waals surface area contributed by atoms with Crippen LogP contribution < -0.4 is 4.90 Å². The quantitative estimate of drug-likeness (QED) is 0.854. The summed E-state index contributed by atoms with van der Waals surface area (Å²) in [6.07, 6.45) is 0. The molecule has 0 fully saturated rings. The van der Waals surface area contributed by atoms with Crippen molar-refractivity contribution in [2.24, 2.45) is 0 Å². The van der Waals surface area contributed by atoms with Gasteiger partial charge in [-0.2, -0.15) is 0 Å². The lowest BCUT2D eigenvalue weighted by Crippen LogP contribution is -2.33. The smallest absolute Gasteiger partial charge is 0.265 e. The van der Waals surface area contributed by atoms with Gasteiger partial charge in [0.2, 0.25) is 0 Å². The van der Waals surface area contributed by atoms with Crippen LogP contribution in [0.2, 0.25) is 0 Å². The van der Waals surface area contributed by atoms with Gasteiger partial charge in [-0.1, -0.05) is 11.3 Å². The van der Waals surface area contributed by atoms with Crippen LogP contribution in [0.1, 0.15) is 22.3 Å². The van der Waals surface area contributed by atoms with Gasteiger partial charge in [0.05, 0.1) is 12.3 Å². The Morgan fingerprint density at radius 3 is 2.53 bits per heavy atom. The molecule has 1 rings (SSSR count). The number of nitrogens with zero attached hydrogens (tertiary/aromatic N) is 3. The molecule has 0 saturated heterocycles. The van der Waals surface area contributed by atoms with E-state index in [1.54, 1.807) is 4.90 Å². The molecule has 5 nitrogen and oxygen atoms in total. The second-order valence-electron chi connectivity index (χ2n) is 3.91. The highest BCUT2D eigenvalue weighted by molar-refractivity contribution is 7.17. The Kier molecular flexibility index (Phi) is 4.89. The van der Waals surface area contributed by atoms with E-state index in [1.807, 2.05) is 32.8 Å². The molecule has 1 amide bonds. The zero-order valence-corrected chi connectivity index (χ0v) is 11.5. The van der Waals surface area contributed by atoms with Crippen molar-refractivity contribution in [3.8, 4) is 0 Å².